The van der Waals surface area contributed by atoms with Crippen LogP contribution in [0.2, 0.25) is 0 Å². The lowest BCUT2D eigenvalue weighted by molar-refractivity contribution is 0.203. The first-order valence-corrected chi connectivity index (χ1v) is 5.67. The molecule has 0 aliphatic heterocycles. The number of hydrogen-bond donors (Lipinski definition) is 4. The van der Waals surface area contributed by atoms with E-state index in [1.807, 2.05) is 0 Å². The van der Waals surface area contributed by atoms with Crippen LogP contribution in [0, 0.1) is 0 Å². The molecule has 0 aliphatic carbocycles. The van der Waals surface area contributed by atoms with E-state index in [0.717, 1.165) is 0 Å². The molecule has 0 fully saturated rings. The van der Waals surface area contributed by atoms with E-state index >= 15 is 0 Å². The zero-order chi connectivity index (χ0) is 13.7. The Balaban J connectivity index is 2.31. The fourth-order valence-corrected chi connectivity index (χ4v) is 1.37. The number of hydrogen-bond acceptors (Lipinski definition) is 8. The third kappa shape index (κ3) is 3.14. The van der Waals surface area contributed by atoms with Crippen LogP contribution in [-0.2, 0) is 0 Å². The molecule has 2 rings (SSSR count). The van der Waals surface area contributed by atoms with Crippen molar-refractivity contribution in [2.24, 2.45) is 0 Å². The van der Waals surface area contributed by atoms with Gasteiger partial charge in [0, 0.05) is 19.4 Å². The molecule has 0 amide bonds. The second kappa shape index (κ2) is 6.07. The van der Waals surface area contributed by atoms with Gasteiger partial charge in [0.15, 0.2) is 0 Å². The normalized spacial score (nSPS) is 10.7. The monoisotopic (exact) mass is 265 g/mol. The maximum Gasteiger partial charge on any atom is 0.241 e. The maximum atomic E-state index is 9.04. The molecule has 9 nitrogen and oxygen atoms in total. The quantitative estimate of drug-likeness (QED) is 0.517. The Bertz CT molecular complexity index is 513. The zero-order valence-corrected chi connectivity index (χ0v) is 10.4. The first kappa shape index (κ1) is 13.2. The summed E-state index contributed by atoms with van der Waals surface area (Å²) >= 11 is 0. The topological polar surface area (TPSA) is 121 Å². The molecule has 2 heterocycles. The van der Waals surface area contributed by atoms with E-state index in [2.05, 4.69) is 30.6 Å². The molecule has 0 saturated carbocycles. The summed E-state index contributed by atoms with van der Waals surface area (Å²) in [5, 5.41) is 23.7. The molecule has 0 saturated heterocycles. The Morgan fingerprint density at radius 3 is 2.53 bits per heavy atom. The van der Waals surface area contributed by atoms with E-state index in [1.165, 1.54) is 0 Å². The van der Waals surface area contributed by atoms with Gasteiger partial charge in [0.1, 0.15) is 6.33 Å². The molecule has 2 aromatic rings. The van der Waals surface area contributed by atoms with Gasteiger partial charge in [-0.05, 0) is 0 Å². The molecule has 0 unspecified atom stereocenters. The van der Waals surface area contributed by atoms with Crippen LogP contribution in [0.15, 0.2) is 18.7 Å². The van der Waals surface area contributed by atoms with Crippen LogP contribution in [0.3, 0.4) is 0 Å². The van der Waals surface area contributed by atoms with Crippen molar-refractivity contribution in [1.82, 2.24) is 24.5 Å². The van der Waals surface area contributed by atoms with Gasteiger partial charge in [0.2, 0.25) is 17.8 Å². The SMILES string of the molecule is CNc1nc(NC(CO)CO)nc(-n2ccnc2)n1. The summed E-state index contributed by atoms with van der Waals surface area (Å²) in [6, 6.07) is -0.525. The highest BCUT2D eigenvalue weighted by atomic mass is 16.3. The molecule has 0 aliphatic rings. The zero-order valence-electron chi connectivity index (χ0n) is 10.4. The minimum absolute atomic E-state index is 0.225. The molecule has 19 heavy (non-hydrogen) atoms. The van der Waals surface area contributed by atoms with Gasteiger partial charge in [0.05, 0.1) is 19.3 Å². The number of imidazole rings is 1. The Morgan fingerprint density at radius 2 is 1.95 bits per heavy atom. The molecule has 2 aromatic heterocycles. The fourth-order valence-electron chi connectivity index (χ4n) is 1.37. The summed E-state index contributed by atoms with van der Waals surface area (Å²) in [4.78, 5) is 16.4. The summed E-state index contributed by atoms with van der Waals surface area (Å²) in [6.07, 6.45) is 4.88. The van der Waals surface area contributed by atoms with Crippen LogP contribution in [0.5, 0.6) is 0 Å². The lowest BCUT2D eigenvalue weighted by Gasteiger charge is -2.14. The number of anilines is 2. The van der Waals surface area contributed by atoms with Gasteiger partial charge in [-0.3, -0.25) is 4.57 Å². The standard InChI is InChI=1S/C10H15N7O2/c1-11-8-14-9(13-7(4-18)5-19)16-10(15-8)17-3-2-12-6-17/h2-3,6-7,18-19H,4-5H2,1H3,(H2,11,13,14,15,16). The fraction of sp³-hybridized carbons (Fsp3) is 0.400. The van der Waals surface area contributed by atoms with E-state index in [0.29, 0.717) is 11.9 Å². The van der Waals surface area contributed by atoms with Crippen molar-refractivity contribution in [2.75, 3.05) is 30.9 Å². The van der Waals surface area contributed by atoms with E-state index in [-0.39, 0.29) is 19.2 Å². The van der Waals surface area contributed by atoms with Gasteiger partial charge in [0.25, 0.3) is 0 Å². The van der Waals surface area contributed by atoms with Crippen LogP contribution in [0.25, 0.3) is 5.95 Å². The van der Waals surface area contributed by atoms with Crippen molar-refractivity contribution < 1.29 is 10.2 Å². The number of nitrogens with one attached hydrogen (secondary N) is 2. The van der Waals surface area contributed by atoms with Crippen LogP contribution in [0.1, 0.15) is 0 Å². The Labute approximate surface area is 109 Å². The van der Waals surface area contributed by atoms with Crippen LogP contribution in [-0.4, -0.2) is 61.0 Å². The highest BCUT2D eigenvalue weighted by molar-refractivity contribution is 5.38. The number of aliphatic hydroxyl groups excluding tert-OH is 2. The third-order valence-electron chi connectivity index (χ3n) is 2.36. The van der Waals surface area contributed by atoms with Crippen LogP contribution in [0.4, 0.5) is 11.9 Å². The highest BCUT2D eigenvalue weighted by Gasteiger charge is 2.11. The second-order valence-electron chi connectivity index (χ2n) is 3.71. The van der Waals surface area contributed by atoms with E-state index in [1.54, 1.807) is 30.3 Å². The molecular formula is C10H15N7O2. The molecule has 0 spiro atoms. The molecule has 0 radical (unpaired) electrons. The van der Waals surface area contributed by atoms with Gasteiger partial charge in [-0.15, -0.1) is 0 Å². The van der Waals surface area contributed by atoms with Crippen molar-refractivity contribution in [3.63, 3.8) is 0 Å². The van der Waals surface area contributed by atoms with E-state index < -0.39 is 6.04 Å². The predicted octanol–water partition coefficient (Wildman–Crippen LogP) is -1.14. The summed E-state index contributed by atoms with van der Waals surface area (Å²) in [6.45, 7) is -0.449. The van der Waals surface area contributed by atoms with Crippen LogP contribution < -0.4 is 10.6 Å². The summed E-state index contributed by atoms with van der Waals surface area (Å²) in [5.41, 5.74) is 0. The van der Waals surface area contributed by atoms with Gasteiger partial charge in [-0.1, -0.05) is 0 Å². The minimum Gasteiger partial charge on any atom is -0.394 e. The predicted molar refractivity (Wildman–Crippen MR) is 68.1 cm³/mol. The summed E-state index contributed by atoms with van der Waals surface area (Å²) in [5.74, 6) is 1.01. The second-order valence-corrected chi connectivity index (χ2v) is 3.71. The summed E-state index contributed by atoms with van der Waals surface area (Å²) < 4.78 is 1.63. The van der Waals surface area contributed by atoms with Crippen molar-refractivity contribution in [3.8, 4) is 5.95 Å². The van der Waals surface area contributed by atoms with Crippen molar-refractivity contribution in [1.29, 1.82) is 0 Å². The largest absolute Gasteiger partial charge is 0.394 e. The van der Waals surface area contributed by atoms with Gasteiger partial charge in [-0.25, -0.2) is 4.98 Å². The summed E-state index contributed by atoms with van der Waals surface area (Å²) in [7, 11) is 1.69. The molecular weight excluding hydrogens is 250 g/mol. The number of aliphatic hydroxyl groups is 2. The molecule has 0 atom stereocenters. The Kier molecular flexibility index (Phi) is 4.21. The smallest absolute Gasteiger partial charge is 0.241 e. The van der Waals surface area contributed by atoms with Crippen molar-refractivity contribution in [3.05, 3.63) is 18.7 Å². The molecule has 9 heteroatoms. The maximum absolute atomic E-state index is 9.04. The molecule has 4 N–H and O–H groups in total. The minimum atomic E-state index is -0.525. The molecule has 102 valence electrons. The first-order chi connectivity index (χ1) is 9.26. The lowest BCUT2D eigenvalue weighted by atomic mass is 10.3. The molecule has 0 bridgehead atoms. The molecule has 0 aromatic carbocycles. The van der Waals surface area contributed by atoms with E-state index in [4.69, 9.17) is 10.2 Å². The highest BCUT2D eigenvalue weighted by Crippen LogP contribution is 2.09. The van der Waals surface area contributed by atoms with Gasteiger partial charge >= 0.3 is 0 Å². The number of nitrogens with zero attached hydrogens (tertiary/aromatic N) is 5. The van der Waals surface area contributed by atoms with Crippen molar-refractivity contribution in [2.45, 2.75) is 6.04 Å². The van der Waals surface area contributed by atoms with Gasteiger partial charge in [-0.2, -0.15) is 15.0 Å². The van der Waals surface area contributed by atoms with E-state index in [9.17, 15) is 0 Å². The van der Waals surface area contributed by atoms with Gasteiger partial charge < -0.3 is 20.8 Å². The Hall–Kier alpha value is -2.26. The third-order valence-corrected chi connectivity index (χ3v) is 2.36. The number of aromatic nitrogens is 5. The first-order valence-electron chi connectivity index (χ1n) is 5.67. The van der Waals surface area contributed by atoms with Crippen molar-refractivity contribution >= 4 is 11.9 Å². The lowest BCUT2D eigenvalue weighted by Crippen LogP contribution is -2.29. The van der Waals surface area contributed by atoms with Crippen LogP contribution >= 0.6 is 0 Å². The Morgan fingerprint density at radius 1 is 1.21 bits per heavy atom. The average Bonchev–Trinajstić information content (AvgIpc) is 2.98. The number of rotatable bonds is 6. The average molecular weight is 265 g/mol.